The van der Waals surface area contributed by atoms with Crippen LogP contribution in [0.2, 0.25) is 10.0 Å². The van der Waals surface area contributed by atoms with E-state index in [0.29, 0.717) is 32.7 Å². The molecule has 1 saturated carbocycles. The molecule has 1 heterocycles. The number of benzene rings is 2. The minimum Gasteiger partial charge on any atom is -0.489 e. The Hall–Kier alpha value is -2.62. The Morgan fingerprint density at radius 2 is 1.79 bits per heavy atom. The molecule has 4 rings (SSSR count). The fourth-order valence-corrected chi connectivity index (χ4v) is 7.10. The third-order valence-corrected chi connectivity index (χ3v) is 9.17. The van der Waals surface area contributed by atoms with Gasteiger partial charge < -0.3 is 19.9 Å². The lowest BCUT2D eigenvalue weighted by Gasteiger charge is -2.36. The summed E-state index contributed by atoms with van der Waals surface area (Å²) >= 11 is 14.0. The van der Waals surface area contributed by atoms with E-state index in [1.165, 1.54) is 0 Å². The summed E-state index contributed by atoms with van der Waals surface area (Å²) in [6.45, 7) is 2.11. The van der Waals surface area contributed by atoms with Gasteiger partial charge in [-0.2, -0.15) is 0 Å². The van der Waals surface area contributed by atoms with Crippen LogP contribution < -0.4 is 10.1 Å². The van der Waals surface area contributed by atoms with Crippen LogP contribution in [0, 0.1) is 0 Å². The van der Waals surface area contributed by atoms with E-state index in [1.807, 2.05) is 0 Å². The van der Waals surface area contributed by atoms with Gasteiger partial charge >= 0.3 is 12.1 Å². The van der Waals surface area contributed by atoms with Gasteiger partial charge in [0.05, 0.1) is 11.5 Å². The molecule has 8 nitrogen and oxygen atoms in total. The van der Waals surface area contributed by atoms with Gasteiger partial charge in [-0.15, -0.1) is 11.8 Å². The Labute approximate surface area is 235 Å². The number of carboxylic acids is 1. The van der Waals surface area contributed by atoms with E-state index in [-0.39, 0.29) is 19.6 Å². The maximum absolute atomic E-state index is 13.3. The molecule has 204 valence electrons. The summed E-state index contributed by atoms with van der Waals surface area (Å²) < 4.78 is 11.1. The Morgan fingerprint density at radius 1 is 1.13 bits per heavy atom. The van der Waals surface area contributed by atoms with E-state index < -0.39 is 34.9 Å². The van der Waals surface area contributed by atoms with Crippen LogP contribution in [0.5, 0.6) is 5.75 Å². The number of rotatable bonds is 9. The number of hydrogen-bond acceptors (Lipinski definition) is 6. The predicted octanol–water partition coefficient (Wildman–Crippen LogP) is 5.53. The summed E-state index contributed by atoms with van der Waals surface area (Å²) in [5.74, 6) is -0.678. The van der Waals surface area contributed by atoms with Crippen LogP contribution in [0.4, 0.5) is 4.79 Å². The standard InChI is InChI=1S/C27H30Cl2N2O6S/c1-2-36-26(35)31-23(16-38-27(31)12-3-4-13-27)24(32)30-22(25(33)34)14-17-8-10-18(11-9-17)37-15-19-20(28)6-5-7-21(19)29/h5-11,22-23H,2-4,12-16H2,1H3,(H,30,32)(H,33,34)/t22-,23+/m0/s1. The van der Waals surface area contributed by atoms with Gasteiger partial charge in [-0.05, 0) is 49.6 Å². The fourth-order valence-electron chi connectivity index (χ4n) is 4.91. The van der Waals surface area contributed by atoms with E-state index in [4.69, 9.17) is 32.7 Å². The number of ether oxygens (including phenoxy) is 2. The second kappa shape index (κ2) is 12.5. The van der Waals surface area contributed by atoms with E-state index in [9.17, 15) is 19.5 Å². The van der Waals surface area contributed by atoms with Gasteiger partial charge in [-0.25, -0.2) is 9.59 Å². The molecule has 1 saturated heterocycles. The highest BCUT2D eigenvalue weighted by atomic mass is 35.5. The third kappa shape index (κ3) is 6.33. The second-order valence-electron chi connectivity index (χ2n) is 9.29. The number of halogens is 2. The lowest BCUT2D eigenvalue weighted by Crippen LogP contribution is -2.56. The van der Waals surface area contributed by atoms with E-state index >= 15 is 0 Å². The van der Waals surface area contributed by atoms with Gasteiger partial charge in [0.15, 0.2) is 0 Å². The summed E-state index contributed by atoms with van der Waals surface area (Å²) in [5, 5.41) is 13.5. The lowest BCUT2D eigenvalue weighted by atomic mass is 10.0. The molecule has 11 heteroatoms. The lowest BCUT2D eigenvalue weighted by molar-refractivity contribution is -0.142. The molecule has 1 aliphatic carbocycles. The van der Waals surface area contributed by atoms with E-state index in [0.717, 1.165) is 25.7 Å². The first-order valence-corrected chi connectivity index (χ1v) is 14.3. The first-order valence-electron chi connectivity index (χ1n) is 12.5. The minimum absolute atomic E-state index is 0.0715. The first-order chi connectivity index (χ1) is 18.2. The van der Waals surface area contributed by atoms with Gasteiger partial charge in [0.2, 0.25) is 5.91 Å². The third-order valence-electron chi connectivity index (χ3n) is 6.84. The summed E-state index contributed by atoms with van der Waals surface area (Å²) in [4.78, 5) is 39.2. The number of nitrogens with one attached hydrogen (secondary N) is 1. The molecule has 1 aliphatic heterocycles. The predicted molar refractivity (Wildman–Crippen MR) is 147 cm³/mol. The van der Waals surface area contributed by atoms with Crippen molar-refractivity contribution in [3.63, 3.8) is 0 Å². The summed E-state index contributed by atoms with van der Waals surface area (Å²) in [6.07, 6.45) is 3.07. The molecule has 2 fully saturated rings. The molecule has 2 aliphatic rings. The van der Waals surface area contributed by atoms with Crippen molar-refractivity contribution in [3.05, 3.63) is 63.6 Å². The van der Waals surface area contributed by atoms with Crippen molar-refractivity contribution in [2.24, 2.45) is 0 Å². The highest BCUT2D eigenvalue weighted by molar-refractivity contribution is 8.01. The van der Waals surface area contributed by atoms with Crippen molar-refractivity contribution in [2.45, 2.75) is 62.6 Å². The monoisotopic (exact) mass is 580 g/mol. The zero-order chi connectivity index (χ0) is 27.3. The van der Waals surface area contributed by atoms with Gasteiger partial charge in [-0.3, -0.25) is 9.69 Å². The summed E-state index contributed by atoms with van der Waals surface area (Å²) in [7, 11) is 0. The van der Waals surface area contributed by atoms with Crippen LogP contribution in [0.15, 0.2) is 42.5 Å². The zero-order valence-electron chi connectivity index (χ0n) is 21.0. The van der Waals surface area contributed by atoms with Gasteiger partial charge in [0.25, 0.3) is 0 Å². The highest BCUT2D eigenvalue weighted by Gasteiger charge is 2.54. The fraction of sp³-hybridized carbons (Fsp3) is 0.444. The maximum atomic E-state index is 13.3. The Kier molecular flexibility index (Phi) is 9.33. The van der Waals surface area contributed by atoms with Crippen LogP contribution in [-0.2, 0) is 27.4 Å². The Morgan fingerprint density at radius 3 is 2.39 bits per heavy atom. The normalized spacial score (nSPS) is 18.8. The van der Waals surface area contributed by atoms with Crippen LogP contribution in [-0.4, -0.2) is 57.3 Å². The van der Waals surface area contributed by atoms with Crippen LogP contribution in [0.3, 0.4) is 0 Å². The largest absolute Gasteiger partial charge is 0.489 e. The van der Waals surface area contributed by atoms with Crippen molar-refractivity contribution < 1.29 is 29.0 Å². The minimum atomic E-state index is -1.16. The molecule has 2 atom stereocenters. The Bertz CT molecular complexity index is 1150. The average Bonchev–Trinajstić information content (AvgIpc) is 3.51. The summed E-state index contributed by atoms with van der Waals surface area (Å²) in [5.41, 5.74) is 1.38. The molecular formula is C27H30Cl2N2O6S. The number of hydrogen-bond donors (Lipinski definition) is 2. The van der Waals surface area contributed by atoms with Gasteiger partial charge in [0.1, 0.15) is 24.4 Å². The molecule has 0 aromatic heterocycles. The second-order valence-corrected chi connectivity index (χ2v) is 11.5. The topological polar surface area (TPSA) is 105 Å². The van der Waals surface area contributed by atoms with Crippen LogP contribution in [0.25, 0.3) is 0 Å². The number of nitrogens with zero attached hydrogens (tertiary/aromatic N) is 1. The molecule has 38 heavy (non-hydrogen) atoms. The Balaban J connectivity index is 1.40. The maximum Gasteiger partial charge on any atom is 0.411 e. The molecule has 0 unspecified atom stereocenters. The SMILES string of the molecule is CCOC(=O)N1[C@@H](C(=O)N[C@@H](Cc2ccc(OCc3c(Cl)cccc3Cl)cc2)C(=O)O)CSC12CCCC2. The summed E-state index contributed by atoms with van der Waals surface area (Å²) in [6, 6.07) is 10.2. The smallest absolute Gasteiger partial charge is 0.411 e. The number of amides is 2. The van der Waals surface area contributed by atoms with Crippen molar-refractivity contribution in [1.82, 2.24) is 10.2 Å². The van der Waals surface area contributed by atoms with Crippen molar-refractivity contribution >= 4 is 52.9 Å². The quantitative estimate of drug-likeness (QED) is 0.401. The van der Waals surface area contributed by atoms with E-state index in [2.05, 4.69) is 5.32 Å². The average molecular weight is 582 g/mol. The van der Waals surface area contributed by atoms with E-state index in [1.54, 1.807) is 66.1 Å². The molecule has 2 aromatic rings. The number of aliphatic carboxylic acids is 1. The molecule has 2 amide bonds. The highest BCUT2D eigenvalue weighted by Crippen LogP contribution is 2.50. The van der Waals surface area contributed by atoms with Crippen molar-refractivity contribution in [1.29, 1.82) is 0 Å². The molecule has 1 spiro atoms. The molecule has 2 aromatic carbocycles. The molecule has 2 N–H and O–H groups in total. The zero-order valence-corrected chi connectivity index (χ0v) is 23.3. The molecule has 0 radical (unpaired) electrons. The number of thioether (sulfide) groups is 1. The van der Waals surface area contributed by atoms with Crippen LogP contribution >= 0.6 is 35.0 Å². The molecule has 0 bridgehead atoms. The van der Waals surface area contributed by atoms with Gasteiger partial charge in [0, 0.05) is 27.8 Å². The number of carbonyl (C=O) groups excluding carboxylic acids is 2. The number of carbonyl (C=O) groups is 3. The van der Waals surface area contributed by atoms with Crippen molar-refractivity contribution in [2.75, 3.05) is 12.4 Å². The first kappa shape index (κ1) is 28.4. The van der Waals surface area contributed by atoms with Crippen molar-refractivity contribution in [3.8, 4) is 5.75 Å². The van der Waals surface area contributed by atoms with Crippen LogP contribution in [0.1, 0.15) is 43.7 Å². The number of carboxylic acid groups (broad SMARTS) is 1. The van der Waals surface area contributed by atoms with Gasteiger partial charge in [-0.1, -0.05) is 54.2 Å². The molecular weight excluding hydrogens is 551 g/mol.